The predicted molar refractivity (Wildman–Crippen MR) is 70.9 cm³/mol. The number of hydrogen-bond donors (Lipinski definition) is 1. The van der Waals surface area contributed by atoms with Gasteiger partial charge in [-0.05, 0) is 39.5 Å². The van der Waals surface area contributed by atoms with Crippen LogP contribution < -0.4 is 5.43 Å². The lowest BCUT2D eigenvalue weighted by Gasteiger charge is -2.41. The molecule has 0 aromatic rings. The molecule has 106 valence electrons. The first-order chi connectivity index (χ1) is 9.09. The lowest BCUT2D eigenvalue weighted by Crippen LogP contribution is -2.58. The number of carbonyl (C=O) groups is 1. The molecule has 0 aromatic heterocycles. The summed E-state index contributed by atoms with van der Waals surface area (Å²) in [5, 5.41) is 11.4. The highest BCUT2D eigenvalue weighted by Crippen LogP contribution is 2.31. The van der Waals surface area contributed by atoms with Crippen LogP contribution >= 0.6 is 0 Å². The molecule has 0 saturated carbocycles. The number of rotatable bonds is 2. The Balaban J connectivity index is 2.04. The van der Waals surface area contributed by atoms with Crippen molar-refractivity contribution < 1.29 is 9.53 Å². The Morgan fingerprint density at radius 3 is 2.42 bits per heavy atom. The van der Waals surface area contributed by atoms with Gasteiger partial charge in [0.1, 0.15) is 5.41 Å². The number of ether oxygens (including phenoxy) is 1. The first-order valence-corrected chi connectivity index (χ1v) is 7.17. The minimum Gasteiger partial charge on any atom is -0.381 e. The van der Waals surface area contributed by atoms with Crippen LogP contribution in [-0.4, -0.2) is 36.2 Å². The number of nitrogens with one attached hydrogen (secondary N) is 1. The lowest BCUT2D eigenvalue weighted by molar-refractivity contribution is -0.141. The summed E-state index contributed by atoms with van der Waals surface area (Å²) >= 11 is 0. The van der Waals surface area contributed by atoms with Gasteiger partial charge < -0.3 is 4.74 Å². The zero-order chi connectivity index (χ0) is 13.9. The zero-order valence-electron chi connectivity index (χ0n) is 11.8. The quantitative estimate of drug-likeness (QED) is 0.823. The lowest BCUT2D eigenvalue weighted by atomic mass is 9.81. The molecular formula is C14H23N3O2. The molecule has 1 amide bonds. The van der Waals surface area contributed by atoms with Crippen LogP contribution in [0.5, 0.6) is 0 Å². The fourth-order valence-electron chi connectivity index (χ4n) is 2.98. The van der Waals surface area contributed by atoms with Crippen molar-refractivity contribution in [3.05, 3.63) is 0 Å². The molecule has 5 nitrogen and oxygen atoms in total. The van der Waals surface area contributed by atoms with E-state index in [2.05, 4.69) is 25.3 Å². The van der Waals surface area contributed by atoms with E-state index in [1.165, 1.54) is 6.42 Å². The molecule has 0 radical (unpaired) electrons. The maximum Gasteiger partial charge on any atom is 0.254 e. The zero-order valence-corrected chi connectivity index (χ0v) is 11.8. The highest BCUT2D eigenvalue weighted by atomic mass is 16.5. The van der Waals surface area contributed by atoms with Crippen LogP contribution in [0.2, 0.25) is 0 Å². The first kappa shape index (κ1) is 14.3. The largest absolute Gasteiger partial charge is 0.381 e. The van der Waals surface area contributed by atoms with Crippen LogP contribution in [0.15, 0.2) is 0 Å². The monoisotopic (exact) mass is 265 g/mol. The number of nitrogens with zero attached hydrogens (tertiary/aromatic N) is 2. The summed E-state index contributed by atoms with van der Waals surface area (Å²) in [5.41, 5.74) is 2.09. The van der Waals surface area contributed by atoms with Gasteiger partial charge >= 0.3 is 0 Å². The summed E-state index contributed by atoms with van der Waals surface area (Å²) in [7, 11) is 0. The molecule has 0 spiro atoms. The van der Waals surface area contributed by atoms with Gasteiger partial charge in [-0.2, -0.15) is 5.26 Å². The van der Waals surface area contributed by atoms with Crippen molar-refractivity contribution in [2.75, 3.05) is 13.2 Å². The van der Waals surface area contributed by atoms with E-state index in [0.717, 1.165) is 12.8 Å². The van der Waals surface area contributed by atoms with E-state index in [4.69, 9.17) is 4.74 Å². The topological polar surface area (TPSA) is 65.4 Å². The van der Waals surface area contributed by atoms with Crippen molar-refractivity contribution in [3.8, 4) is 6.07 Å². The van der Waals surface area contributed by atoms with Gasteiger partial charge in [0, 0.05) is 25.3 Å². The Hall–Kier alpha value is -1.12. The molecule has 0 aliphatic carbocycles. The van der Waals surface area contributed by atoms with E-state index in [9.17, 15) is 10.1 Å². The van der Waals surface area contributed by atoms with Gasteiger partial charge in [0.25, 0.3) is 5.91 Å². The van der Waals surface area contributed by atoms with Gasteiger partial charge in [0.2, 0.25) is 0 Å². The normalized spacial score (nSPS) is 31.4. The molecule has 2 heterocycles. The molecule has 2 aliphatic rings. The van der Waals surface area contributed by atoms with Crippen molar-refractivity contribution >= 4 is 5.91 Å². The summed E-state index contributed by atoms with van der Waals surface area (Å²) in [4.78, 5) is 12.5. The summed E-state index contributed by atoms with van der Waals surface area (Å²) in [6.07, 6.45) is 4.37. The number of amides is 1. The molecule has 2 fully saturated rings. The number of hydrogen-bond acceptors (Lipinski definition) is 4. The van der Waals surface area contributed by atoms with Gasteiger partial charge in [0.15, 0.2) is 0 Å². The predicted octanol–water partition coefficient (Wildman–Crippen LogP) is 1.60. The van der Waals surface area contributed by atoms with Crippen molar-refractivity contribution in [2.45, 2.75) is 58.0 Å². The number of piperidine rings is 1. The second-order valence-electron chi connectivity index (χ2n) is 5.78. The van der Waals surface area contributed by atoms with Gasteiger partial charge in [0.05, 0.1) is 6.07 Å². The third-order valence-electron chi connectivity index (χ3n) is 4.42. The Morgan fingerprint density at radius 1 is 1.32 bits per heavy atom. The molecule has 1 N–H and O–H groups in total. The molecule has 2 aliphatic heterocycles. The van der Waals surface area contributed by atoms with E-state index in [0.29, 0.717) is 38.1 Å². The van der Waals surface area contributed by atoms with Crippen molar-refractivity contribution in [3.63, 3.8) is 0 Å². The van der Waals surface area contributed by atoms with Gasteiger partial charge in [-0.3, -0.25) is 10.2 Å². The Bertz CT molecular complexity index is 361. The maximum absolute atomic E-state index is 12.5. The molecule has 0 bridgehead atoms. The van der Waals surface area contributed by atoms with E-state index in [1.54, 1.807) is 0 Å². The van der Waals surface area contributed by atoms with E-state index in [-0.39, 0.29) is 5.91 Å². The molecule has 19 heavy (non-hydrogen) atoms. The SMILES string of the molecule is CC1CCCC(C)N1NC(=O)C1(C#N)CCOCC1. The second-order valence-corrected chi connectivity index (χ2v) is 5.78. The van der Waals surface area contributed by atoms with Crippen molar-refractivity contribution in [2.24, 2.45) is 5.41 Å². The van der Waals surface area contributed by atoms with Crippen LogP contribution in [-0.2, 0) is 9.53 Å². The minimum atomic E-state index is -0.908. The Morgan fingerprint density at radius 2 is 1.89 bits per heavy atom. The summed E-state index contributed by atoms with van der Waals surface area (Å²) in [6, 6.07) is 2.89. The fourth-order valence-corrected chi connectivity index (χ4v) is 2.98. The number of carbonyl (C=O) groups excluding carboxylic acids is 1. The molecule has 5 heteroatoms. The van der Waals surface area contributed by atoms with Crippen LogP contribution in [0, 0.1) is 16.7 Å². The third-order valence-corrected chi connectivity index (χ3v) is 4.42. The van der Waals surface area contributed by atoms with Gasteiger partial charge in [-0.15, -0.1) is 0 Å². The molecule has 2 rings (SSSR count). The molecule has 0 aromatic carbocycles. The van der Waals surface area contributed by atoms with Crippen LogP contribution in [0.25, 0.3) is 0 Å². The van der Waals surface area contributed by atoms with Crippen LogP contribution in [0.1, 0.15) is 46.0 Å². The van der Waals surface area contributed by atoms with Crippen LogP contribution in [0.4, 0.5) is 0 Å². The summed E-state index contributed by atoms with van der Waals surface area (Å²) < 4.78 is 5.26. The first-order valence-electron chi connectivity index (χ1n) is 7.17. The van der Waals surface area contributed by atoms with Crippen molar-refractivity contribution in [1.29, 1.82) is 5.26 Å². The molecule has 2 saturated heterocycles. The summed E-state index contributed by atoms with van der Waals surface area (Å²) in [5.74, 6) is -0.154. The molecule has 2 unspecified atom stereocenters. The second kappa shape index (κ2) is 5.89. The average Bonchev–Trinajstić information content (AvgIpc) is 2.43. The van der Waals surface area contributed by atoms with Crippen molar-refractivity contribution in [1.82, 2.24) is 10.4 Å². The smallest absolute Gasteiger partial charge is 0.254 e. The Labute approximate surface area is 114 Å². The highest BCUT2D eigenvalue weighted by Gasteiger charge is 2.42. The molecular weight excluding hydrogens is 242 g/mol. The number of nitriles is 1. The summed E-state index contributed by atoms with van der Waals surface area (Å²) in [6.45, 7) is 5.23. The van der Waals surface area contributed by atoms with Gasteiger partial charge in [-0.1, -0.05) is 6.42 Å². The standard InChI is InChI=1S/C14H23N3O2/c1-11-4-3-5-12(2)17(11)16-13(18)14(10-15)6-8-19-9-7-14/h11-12H,3-9H2,1-2H3,(H,16,18). The molecule has 2 atom stereocenters. The average molecular weight is 265 g/mol. The van der Waals surface area contributed by atoms with E-state index in [1.807, 2.05) is 5.01 Å². The fraction of sp³-hybridized carbons (Fsp3) is 0.857. The van der Waals surface area contributed by atoms with E-state index < -0.39 is 5.41 Å². The Kier molecular flexibility index (Phi) is 4.43. The highest BCUT2D eigenvalue weighted by molar-refractivity contribution is 5.85. The minimum absolute atomic E-state index is 0.154. The number of hydrazine groups is 1. The van der Waals surface area contributed by atoms with Crippen LogP contribution in [0.3, 0.4) is 0 Å². The van der Waals surface area contributed by atoms with E-state index >= 15 is 0 Å². The third kappa shape index (κ3) is 2.90. The maximum atomic E-state index is 12.5. The van der Waals surface area contributed by atoms with Gasteiger partial charge in [-0.25, -0.2) is 5.01 Å².